The molecule has 6 heteroatoms. The average Bonchev–Trinajstić information content (AvgIpc) is 4.10. The van der Waals surface area contributed by atoms with E-state index < -0.39 is 0 Å². The minimum absolute atomic E-state index is 0.0268. The van der Waals surface area contributed by atoms with Gasteiger partial charge >= 0.3 is 6.85 Å². The van der Waals surface area contributed by atoms with Crippen LogP contribution in [-0.4, -0.2) is 6.85 Å². The number of para-hydroxylation sites is 1. The highest BCUT2D eigenvalue weighted by atomic mass is 32.1. The highest BCUT2D eigenvalue weighted by Crippen LogP contribution is 2.57. The summed E-state index contributed by atoms with van der Waals surface area (Å²) in [6, 6.07) is 57.6. The molecule has 0 unspecified atom stereocenters. The van der Waals surface area contributed by atoms with Gasteiger partial charge in [0.2, 0.25) is 0 Å². The van der Waals surface area contributed by atoms with E-state index in [2.05, 4.69) is 203 Å². The number of rotatable bonds is 9. The Labute approximate surface area is 427 Å². The van der Waals surface area contributed by atoms with Crippen molar-refractivity contribution in [2.45, 2.75) is 104 Å². The van der Waals surface area contributed by atoms with Crippen LogP contribution in [0.25, 0.3) is 76.2 Å². The molecule has 8 aromatic carbocycles. The maximum atomic E-state index is 7.26. The van der Waals surface area contributed by atoms with E-state index in [1.807, 2.05) is 11.3 Å². The predicted molar refractivity (Wildman–Crippen MR) is 308 cm³/mol. The Hall–Kier alpha value is -7.02. The average molecular weight is 955 g/mol. The number of thiophene rings is 1. The zero-order valence-electron chi connectivity index (χ0n) is 42.3. The molecular weight excluding hydrogens is 896 g/mol. The Morgan fingerprint density at radius 2 is 1.25 bits per heavy atom. The van der Waals surface area contributed by atoms with Crippen molar-refractivity contribution >= 4 is 111 Å². The van der Waals surface area contributed by atoms with E-state index in [1.165, 1.54) is 111 Å². The summed E-state index contributed by atoms with van der Waals surface area (Å²) >= 11 is 1.94. The molecule has 0 fully saturated rings. The van der Waals surface area contributed by atoms with Crippen LogP contribution in [0.3, 0.4) is 0 Å². The van der Waals surface area contributed by atoms with Crippen molar-refractivity contribution in [3.63, 3.8) is 0 Å². The minimum Gasteiger partial charge on any atom is -0.456 e. The van der Waals surface area contributed by atoms with Crippen LogP contribution in [0.5, 0.6) is 0 Å². The van der Waals surface area contributed by atoms with Crippen LogP contribution in [0.4, 0.5) is 28.4 Å². The van der Waals surface area contributed by atoms with Gasteiger partial charge in [-0.15, -0.1) is 11.3 Å². The standard InChI is InChI=1S/C66H59BN2O2S/c1-7-9-18-40-26-29-43(30-27-40)69-61-46(31-33-55-58(61)49-37-50-51(39-56(49)70-55)66(5,6)35-34-65(50,3)4)59-60-53(38-48-44-22-14-16-24-54(44)71-63(48)59)68(62-45-23-15-17-25-57(45)72-64(62)67(60)69)52-32-28-41(19-10-8-2)36-47(52)42-20-12-11-13-21-42/h11-17,20-33,36-39H,7-10,18-19,34-35H2,1-6H3. The lowest BCUT2D eigenvalue weighted by molar-refractivity contribution is 0.332. The van der Waals surface area contributed by atoms with Gasteiger partial charge in [-0.3, -0.25) is 0 Å². The molecule has 2 aliphatic heterocycles. The molecule has 0 bridgehead atoms. The fourth-order valence-corrected chi connectivity index (χ4v) is 14.2. The largest absolute Gasteiger partial charge is 0.456 e. The molecule has 11 aromatic rings. The summed E-state index contributed by atoms with van der Waals surface area (Å²) in [5.74, 6) is 0. The van der Waals surface area contributed by atoms with Crippen molar-refractivity contribution in [3.05, 3.63) is 174 Å². The maximum absolute atomic E-state index is 7.26. The Morgan fingerprint density at radius 1 is 0.556 bits per heavy atom. The predicted octanol–water partition coefficient (Wildman–Crippen LogP) is 18.1. The molecule has 0 atom stereocenters. The molecule has 5 heterocycles. The highest BCUT2D eigenvalue weighted by Gasteiger charge is 2.49. The van der Waals surface area contributed by atoms with Crippen LogP contribution >= 0.6 is 11.3 Å². The van der Waals surface area contributed by atoms with Gasteiger partial charge in [-0.05, 0) is 149 Å². The topological polar surface area (TPSA) is 32.8 Å². The van der Waals surface area contributed by atoms with Crippen molar-refractivity contribution in [2.75, 3.05) is 9.71 Å². The Kier molecular flexibility index (Phi) is 9.87. The second kappa shape index (κ2) is 16.2. The lowest BCUT2D eigenvalue weighted by Crippen LogP contribution is -2.60. The summed E-state index contributed by atoms with van der Waals surface area (Å²) in [6.45, 7) is 14.1. The van der Waals surface area contributed by atoms with Gasteiger partial charge in [0.05, 0.1) is 16.8 Å². The van der Waals surface area contributed by atoms with Crippen molar-refractivity contribution in [1.82, 2.24) is 0 Å². The molecule has 4 nitrogen and oxygen atoms in total. The van der Waals surface area contributed by atoms with Crippen LogP contribution in [0.2, 0.25) is 0 Å². The normalized spacial score (nSPS) is 15.4. The van der Waals surface area contributed by atoms with Gasteiger partial charge in [-0.25, -0.2) is 0 Å². The molecule has 14 rings (SSSR count). The number of furan rings is 2. The first kappa shape index (κ1) is 43.7. The number of benzene rings is 8. The third-order valence-electron chi connectivity index (χ3n) is 16.9. The van der Waals surface area contributed by atoms with Gasteiger partial charge in [-0.1, -0.05) is 139 Å². The van der Waals surface area contributed by atoms with E-state index in [0.717, 1.165) is 77.2 Å². The van der Waals surface area contributed by atoms with Crippen LogP contribution < -0.4 is 20.0 Å². The van der Waals surface area contributed by atoms with Crippen LogP contribution in [-0.2, 0) is 23.7 Å². The van der Waals surface area contributed by atoms with E-state index in [1.54, 1.807) is 0 Å². The summed E-state index contributed by atoms with van der Waals surface area (Å²) in [5, 5.41) is 5.86. The quantitative estimate of drug-likeness (QED) is 0.135. The first-order valence-corrected chi connectivity index (χ1v) is 27.3. The maximum Gasteiger partial charge on any atom is 0.343 e. The van der Waals surface area contributed by atoms with Gasteiger partial charge in [0.25, 0.3) is 0 Å². The van der Waals surface area contributed by atoms with Gasteiger partial charge in [0.1, 0.15) is 22.3 Å². The van der Waals surface area contributed by atoms with Crippen LogP contribution in [0, 0.1) is 0 Å². The zero-order valence-corrected chi connectivity index (χ0v) is 43.1. The van der Waals surface area contributed by atoms with Crippen molar-refractivity contribution in [1.29, 1.82) is 0 Å². The fourth-order valence-electron chi connectivity index (χ4n) is 12.9. The molecule has 0 radical (unpaired) electrons. The van der Waals surface area contributed by atoms with Crippen molar-refractivity contribution in [3.8, 4) is 22.3 Å². The van der Waals surface area contributed by atoms with Gasteiger partial charge in [0.15, 0.2) is 0 Å². The zero-order chi connectivity index (χ0) is 48.6. The molecule has 0 saturated heterocycles. The first-order valence-electron chi connectivity index (χ1n) is 26.5. The van der Waals surface area contributed by atoms with Gasteiger partial charge < -0.3 is 18.5 Å². The second-order valence-corrected chi connectivity index (χ2v) is 23.4. The van der Waals surface area contributed by atoms with Crippen molar-refractivity contribution in [2.24, 2.45) is 0 Å². The molecule has 1 aliphatic carbocycles. The number of anilines is 5. The highest BCUT2D eigenvalue weighted by molar-refractivity contribution is 7.32. The number of fused-ring (bicyclic) bond motifs is 15. The molecule has 0 N–H and O–H groups in total. The number of hydrogen-bond acceptors (Lipinski definition) is 5. The second-order valence-electron chi connectivity index (χ2n) is 22.3. The third-order valence-corrected chi connectivity index (χ3v) is 18.1. The summed E-state index contributed by atoms with van der Waals surface area (Å²) in [6.07, 6.45) is 9.05. The Balaban J connectivity index is 1.15. The molecule has 3 aromatic heterocycles. The van der Waals surface area contributed by atoms with Crippen LogP contribution in [0.1, 0.15) is 102 Å². The lowest BCUT2D eigenvalue weighted by Gasteiger charge is -2.45. The van der Waals surface area contributed by atoms with E-state index >= 15 is 0 Å². The summed E-state index contributed by atoms with van der Waals surface area (Å²) in [7, 11) is 0. The number of hydrogen-bond donors (Lipinski definition) is 0. The molecule has 3 aliphatic rings. The third kappa shape index (κ3) is 6.43. The molecule has 354 valence electrons. The van der Waals surface area contributed by atoms with E-state index in [-0.39, 0.29) is 17.7 Å². The van der Waals surface area contributed by atoms with E-state index in [9.17, 15) is 0 Å². The molecule has 72 heavy (non-hydrogen) atoms. The Morgan fingerprint density at radius 3 is 2.03 bits per heavy atom. The monoisotopic (exact) mass is 954 g/mol. The number of unbranched alkanes of at least 4 members (excludes halogenated alkanes) is 2. The summed E-state index contributed by atoms with van der Waals surface area (Å²) in [5.41, 5.74) is 21.4. The fraction of sp³-hybridized carbons (Fsp3) is 0.242. The Bertz CT molecular complexity index is 3990. The SMILES string of the molecule is CCCCc1ccc(N2B3c4sc5ccccc5c4N(c4ccc(CCCC)cc4-c4ccccc4)c4cc5c(oc6ccccc65)c(c43)-c3ccc4oc5cc6c(cc5c4c32)C(C)(C)CCC6(C)C)cc1. The molecule has 0 saturated carbocycles. The smallest absolute Gasteiger partial charge is 0.343 e. The van der Waals surface area contributed by atoms with Gasteiger partial charge in [0, 0.05) is 64.8 Å². The number of aryl methyl sites for hydroxylation is 2. The minimum atomic E-state index is -0.196. The summed E-state index contributed by atoms with van der Waals surface area (Å²) < 4.78 is 17.0. The molecular formula is C66H59BN2O2S. The lowest BCUT2D eigenvalue weighted by atomic mass is 9.46. The summed E-state index contributed by atoms with van der Waals surface area (Å²) in [4.78, 5) is 5.36. The van der Waals surface area contributed by atoms with Crippen molar-refractivity contribution < 1.29 is 8.83 Å². The van der Waals surface area contributed by atoms with E-state index in [0.29, 0.717) is 0 Å². The first-order chi connectivity index (χ1) is 35.1. The van der Waals surface area contributed by atoms with E-state index in [4.69, 9.17) is 8.83 Å². The molecule has 0 amide bonds. The van der Waals surface area contributed by atoms with Gasteiger partial charge in [-0.2, -0.15) is 0 Å². The molecule has 0 spiro atoms. The van der Waals surface area contributed by atoms with Crippen LogP contribution in [0.15, 0.2) is 160 Å². The number of nitrogens with zero attached hydrogens (tertiary/aromatic N) is 2.